The molecular weight excluding hydrogens is 240 g/mol. The first-order valence-corrected chi connectivity index (χ1v) is 7.06. The Labute approximate surface area is 114 Å². The summed E-state index contributed by atoms with van der Waals surface area (Å²) in [5, 5.41) is 0. The highest BCUT2D eigenvalue weighted by atomic mass is 16.5. The minimum atomic E-state index is 0.460. The number of hydrazine groups is 1. The van der Waals surface area contributed by atoms with Crippen molar-refractivity contribution in [3.05, 3.63) is 17.6 Å². The maximum absolute atomic E-state index is 5.77. The van der Waals surface area contributed by atoms with Crippen LogP contribution in [0.5, 0.6) is 0 Å². The lowest BCUT2D eigenvalue weighted by Crippen LogP contribution is -2.18. The second kappa shape index (κ2) is 6.82. The number of hydrogen-bond donors (Lipinski definition) is 2. The lowest BCUT2D eigenvalue weighted by Gasteiger charge is -2.26. The normalized spacial score (nSPS) is 23.3. The van der Waals surface area contributed by atoms with E-state index in [4.69, 9.17) is 10.6 Å². The molecule has 1 heterocycles. The van der Waals surface area contributed by atoms with Gasteiger partial charge in [0.2, 0.25) is 0 Å². The Bertz CT molecular complexity index is 410. The molecule has 0 bridgehead atoms. The molecule has 106 valence electrons. The lowest BCUT2D eigenvalue weighted by atomic mass is 9.83. The quantitative estimate of drug-likeness (QED) is 0.631. The highest BCUT2D eigenvalue weighted by Gasteiger charge is 2.18. The summed E-state index contributed by atoms with van der Waals surface area (Å²) in [6.45, 7) is 5.53. The molecule has 5 nitrogen and oxygen atoms in total. The number of aromatic nitrogens is 2. The zero-order valence-corrected chi connectivity index (χ0v) is 11.9. The summed E-state index contributed by atoms with van der Waals surface area (Å²) in [5.41, 5.74) is 3.44. The van der Waals surface area contributed by atoms with Gasteiger partial charge in [0.1, 0.15) is 12.4 Å². The minimum absolute atomic E-state index is 0.460. The summed E-state index contributed by atoms with van der Waals surface area (Å²) in [6.07, 6.45) is 5.26. The van der Waals surface area contributed by atoms with Crippen LogP contribution in [0.2, 0.25) is 0 Å². The topological polar surface area (TPSA) is 73.1 Å². The molecule has 5 heteroatoms. The monoisotopic (exact) mass is 264 g/mol. The van der Waals surface area contributed by atoms with Crippen molar-refractivity contribution in [3.8, 4) is 0 Å². The van der Waals surface area contributed by atoms with Crippen LogP contribution in [0.1, 0.15) is 44.1 Å². The van der Waals surface area contributed by atoms with E-state index in [2.05, 4.69) is 22.3 Å². The Morgan fingerprint density at radius 2 is 2.26 bits per heavy atom. The van der Waals surface area contributed by atoms with Crippen LogP contribution in [-0.2, 0) is 11.3 Å². The summed E-state index contributed by atoms with van der Waals surface area (Å²) < 4.78 is 5.77. The summed E-state index contributed by atoms with van der Waals surface area (Å²) in [4.78, 5) is 8.63. The van der Waals surface area contributed by atoms with E-state index >= 15 is 0 Å². The van der Waals surface area contributed by atoms with E-state index in [-0.39, 0.29) is 0 Å². The van der Waals surface area contributed by atoms with E-state index in [0.717, 1.165) is 18.2 Å². The molecule has 1 aromatic heterocycles. The van der Waals surface area contributed by atoms with Gasteiger partial charge in [-0.05, 0) is 31.6 Å². The highest BCUT2D eigenvalue weighted by Crippen LogP contribution is 2.28. The zero-order valence-electron chi connectivity index (χ0n) is 11.9. The number of ether oxygens (including phenoxy) is 1. The standard InChI is InChI=1S/C14H24N4O/c1-10-4-3-5-12(6-10)8-19-9-14-16-11(2)7-13(17-14)18-15/h7,10,12H,3-6,8-9,15H2,1-2H3,(H,16,17,18). The highest BCUT2D eigenvalue weighted by molar-refractivity contribution is 5.33. The Morgan fingerprint density at radius 1 is 1.42 bits per heavy atom. The SMILES string of the molecule is Cc1cc(NN)nc(COCC2CCCC(C)C2)n1. The number of nitrogens with two attached hydrogens (primary N) is 1. The van der Waals surface area contributed by atoms with E-state index in [1.807, 2.05) is 13.0 Å². The molecule has 0 aromatic carbocycles. The number of aryl methyl sites for hydroxylation is 1. The number of rotatable bonds is 5. The summed E-state index contributed by atoms with van der Waals surface area (Å²) in [5.74, 6) is 8.23. The van der Waals surface area contributed by atoms with Crippen LogP contribution < -0.4 is 11.3 Å². The van der Waals surface area contributed by atoms with Gasteiger partial charge in [-0.1, -0.05) is 19.8 Å². The van der Waals surface area contributed by atoms with E-state index in [9.17, 15) is 0 Å². The molecule has 1 aromatic rings. The Kier molecular flexibility index (Phi) is 5.10. The average Bonchev–Trinajstić information content (AvgIpc) is 2.38. The minimum Gasteiger partial charge on any atom is -0.373 e. The van der Waals surface area contributed by atoms with Crippen molar-refractivity contribution in [2.24, 2.45) is 17.7 Å². The van der Waals surface area contributed by atoms with Gasteiger partial charge in [0.15, 0.2) is 5.82 Å². The Balaban J connectivity index is 1.80. The van der Waals surface area contributed by atoms with Gasteiger partial charge in [-0.15, -0.1) is 0 Å². The smallest absolute Gasteiger partial charge is 0.156 e. The first-order chi connectivity index (χ1) is 9.17. The lowest BCUT2D eigenvalue weighted by molar-refractivity contribution is 0.0621. The van der Waals surface area contributed by atoms with E-state index in [1.165, 1.54) is 25.7 Å². The third-order valence-electron chi connectivity index (χ3n) is 3.68. The first-order valence-electron chi connectivity index (χ1n) is 7.06. The molecular formula is C14H24N4O. The van der Waals surface area contributed by atoms with Gasteiger partial charge in [-0.2, -0.15) is 0 Å². The van der Waals surface area contributed by atoms with E-state index in [0.29, 0.717) is 24.2 Å². The van der Waals surface area contributed by atoms with Crippen molar-refractivity contribution in [2.45, 2.75) is 46.1 Å². The molecule has 1 fully saturated rings. The molecule has 0 aliphatic heterocycles. The van der Waals surface area contributed by atoms with Crippen molar-refractivity contribution in [1.82, 2.24) is 9.97 Å². The van der Waals surface area contributed by atoms with Crippen LogP contribution in [0.15, 0.2) is 6.07 Å². The van der Waals surface area contributed by atoms with Crippen molar-refractivity contribution in [3.63, 3.8) is 0 Å². The van der Waals surface area contributed by atoms with E-state index in [1.54, 1.807) is 0 Å². The molecule has 2 unspecified atom stereocenters. The second-order valence-electron chi connectivity index (χ2n) is 5.61. The fourth-order valence-electron chi connectivity index (χ4n) is 2.80. The Morgan fingerprint density at radius 3 is 3.00 bits per heavy atom. The first kappa shape index (κ1) is 14.2. The zero-order chi connectivity index (χ0) is 13.7. The van der Waals surface area contributed by atoms with E-state index < -0.39 is 0 Å². The number of nitrogen functional groups attached to an aromatic ring is 1. The molecule has 1 aliphatic rings. The summed E-state index contributed by atoms with van der Waals surface area (Å²) in [6, 6.07) is 1.81. The van der Waals surface area contributed by atoms with Crippen LogP contribution in [-0.4, -0.2) is 16.6 Å². The molecule has 3 N–H and O–H groups in total. The largest absolute Gasteiger partial charge is 0.373 e. The number of anilines is 1. The van der Waals surface area contributed by atoms with Crippen molar-refractivity contribution in [2.75, 3.05) is 12.0 Å². The Hall–Kier alpha value is -1.20. The summed E-state index contributed by atoms with van der Waals surface area (Å²) in [7, 11) is 0. The summed E-state index contributed by atoms with van der Waals surface area (Å²) >= 11 is 0. The third-order valence-corrected chi connectivity index (χ3v) is 3.68. The second-order valence-corrected chi connectivity index (χ2v) is 5.61. The van der Waals surface area contributed by atoms with Gasteiger partial charge in [-0.3, -0.25) is 0 Å². The number of nitrogens with one attached hydrogen (secondary N) is 1. The van der Waals surface area contributed by atoms with Gasteiger partial charge in [0.05, 0.1) is 6.61 Å². The van der Waals surface area contributed by atoms with Crippen molar-refractivity contribution in [1.29, 1.82) is 0 Å². The van der Waals surface area contributed by atoms with Crippen LogP contribution in [0.4, 0.5) is 5.82 Å². The average molecular weight is 264 g/mol. The maximum Gasteiger partial charge on any atom is 0.156 e. The fourth-order valence-corrected chi connectivity index (χ4v) is 2.80. The van der Waals surface area contributed by atoms with Gasteiger partial charge in [0, 0.05) is 11.8 Å². The maximum atomic E-state index is 5.77. The molecule has 1 saturated carbocycles. The molecule has 0 radical (unpaired) electrons. The number of nitrogens with zero attached hydrogens (tertiary/aromatic N) is 2. The predicted octanol–water partition coefficient (Wildman–Crippen LogP) is 2.41. The molecule has 2 atom stereocenters. The van der Waals surface area contributed by atoms with Crippen LogP contribution in [0.25, 0.3) is 0 Å². The molecule has 0 saturated heterocycles. The number of hydrogen-bond acceptors (Lipinski definition) is 5. The predicted molar refractivity (Wildman–Crippen MR) is 75.4 cm³/mol. The van der Waals surface area contributed by atoms with Gasteiger partial charge < -0.3 is 10.2 Å². The van der Waals surface area contributed by atoms with Crippen LogP contribution in [0.3, 0.4) is 0 Å². The van der Waals surface area contributed by atoms with Crippen LogP contribution in [0, 0.1) is 18.8 Å². The van der Waals surface area contributed by atoms with Gasteiger partial charge in [-0.25, -0.2) is 15.8 Å². The van der Waals surface area contributed by atoms with Crippen molar-refractivity contribution >= 4 is 5.82 Å². The molecule has 19 heavy (non-hydrogen) atoms. The van der Waals surface area contributed by atoms with Gasteiger partial charge in [0.25, 0.3) is 0 Å². The molecule has 2 rings (SSSR count). The van der Waals surface area contributed by atoms with Crippen molar-refractivity contribution < 1.29 is 4.74 Å². The molecule has 0 amide bonds. The third kappa shape index (κ3) is 4.44. The molecule has 0 spiro atoms. The fraction of sp³-hybridized carbons (Fsp3) is 0.714. The molecule has 1 aliphatic carbocycles. The van der Waals surface area contributed by atoms with Crippen LogP contribution >= 0.6 is 0 Å². The van der Waals surface area contributed by atoms with Gasteiger partial charge >= 0.3 is 0 Å².